The molecule has 0 spiro atoms. The van der Waals surface area contributed by atoms with Crippen molar-refractivity contribution in [1.82, 2.24) is 0 Å². The molecule has 1 N–H and O–H groups in total. The third-order valence-corrected chi connectivity index (χ3v) is 3.46. The number of hydrogen-bond acceptors (Lipinski definition) is 4. The van der Waals surface area contributed by atoms with Gasteiger partial charge in [0, 0.05) is 6.42 Å². The van der Waals surface area contributed by atoms with Gasteiger partial charge in [0.05, 0.1) is 17.4 Å². The standard InChI is InChI=1S/C12H16O2S2/c1-3-16-12(15)8-11(13)9-4-6-10(14-2)7-5-9/h4-7,11,13H,3,8H2,1-2H3. The first kappa shape index (κ1) is 13.5. The summed E-state index contributed by atoms with van der Waals surface area (Å²) in [6.07, 6.45) is 0.0117. The van der Waals surface area contributed by atoms with Gasteiger partial charge in [-0.05, 0) is 23.4 Å². The first-order chi connectivity index (χ1) is 7.67. The SMILES string of the molecule is CCSC(=S)CC(O)c1ccc(OC)cc1. The molecular weight excluding hydrogens is 240 g/mol. The first-order valence-corrected chi connectivity index (χ1v) is 6.54. The number of benzene rings is 1. The minimum atomic E-state index is -0.516. The van der Waals surface area contributed by atoms with Gasteiger partial charge in [0.15, 0.2) is 0 Å². The number of aliphatic hydroxyl groups is 1. The van der Waals surface area contributed by atoms with Gasteiger partial charge in [-0.2, -0.15) is 0 Å². The number of thiocarbonyl (C=S) groups is 1. The van der Waals surface area contributed by atoms with Crippen LogP contribution in [0.3, 0.4) is 0 Å². The first-order valence-electron chi connectivity index (χ1n) is 5.15. The fraction of sp³-hybridized carbons (Fsp3) is 0.417. The zero-order valence-corrected chi connectivity index (χ0v) is 11.1. The lowest BCUT2D eigenvalue weighted by molar-refractivity contribution is 0.187. The van der Waals surface area contributed by atoms with Crippen LogP contribution in [0.25, 0.3) is 0 Å². The summed E-state index contributed by atoms with van der Waals surface area (Å²) < 4.78 is 5.91. The van der Waals surface area contributed by atoms with E-state index in [1.165, 1.54) is 0 Å². The summed E-state index contributed by atoms with van der Waals surface area (Å²) in [5.41, 5.74) is 0.875. The Kier molecular flexibility index (Phi) is 5.80. The Balaban J connectivity index is 2.58. The van der Waals surface area contributed by atoms with E-state index in [0.717, 1.165) is 21.3 Å². The van der Waals surface area contributed by atoms with Crippen LogP contribution in [0.2, 0.25) is 0 Å². The van der Waals surface area contributed by atoms with Crippen molar-refractivity contribution in [2.75, 3.05) is 12.9 Å². The normalized spacial score (nSPS) is 12.2. The highest BCUT2D eigenvalue weighted by atomic mass is 32.2. The maximum absolute atomic E-state index is 9.94. The summed E-state index contributed by atoms with van der Waals surface area (Å²) in [7, 11) is 1.62. The molecule has 0 aliphatic heterocycles. The maximum Gasteiger partial charge on any atom is 0.118 e. The average molecular weight is 256 g/mol. The highest BCUT2D eigenvalue weighted by molar-refractivity contribution is 8.23. The molecule has 1 aromatic rings. The Bertz CT molecular complexity index is 335. The molecule has 0 aromatic heterocycles. The Labute approximate surface area is 106 Å². The highest BCUT2D eigenvalue weighted by Gasteiger charge is 2.10. The third-order valence-electron chi connectivity index (χ3n) is 2.17. The van der Waals surface area contributed by atoms with Crippen LogP contribution in [-0.4, -0.2) is 22.2 Å². The number of rotatable bonds is 5. The molecule has 2 nitrogen and oxygen atoms in total. The lowest BCUT2D eigenvalue weighted by atomic mass is 10.1. The van der Waals surface area contributed by atoms with Crippen LogP contribution in [0.1, 0.15) is 25.0 Å². The lowest BCUT2D eigenvalue weighted by Gasteiger charge is -2.11. The van der Waals surface area contributed by atoms with Crippen LogP contribution in [0, 0.1) is 0 Å². The molecule has 0 saturated heterocycles. The summed E-state index contributed by atoms with van der Waals surface area (Å²) in [5, 5.41) is 9.94. The van der Waals surface area contributed by atoms with Gasteiger partial charge in [-0.15, -0.1) is 11.8 Å². The summed E-state index contributed by atoms with van der Waals surface area (Å²) in [5.74, 6) is 1.75. The molecule has 1 atom stereocenters. The summed E-state index contributed by atoms with van der Waals surface area (Å²) in [6, 6.07) is 7.41. The Morgan fingerprint density at radius 1 is 1.44 bits per heavy atom. The molecule has 4 heteroatoms. The van der Waals surface area contributed by atoms with Gasteiger partial charge in [-0.25, -0.2) is 0 Å². The number of thioether (sulfide) groups is 1. The van der Waals surface area contributed by atoms with Crippen LogP contribution in [-0.2, 0) is 0 Å². The zero-order valence-electron chi connectivity index (χ0n) is 9.47. The van der Waals surface area contributed by atoms with Gasteiger partial charge in [0.1, 0.15) is 5.75 Å². The highest BCUT2D eigenvalue weighted by Crippen LogP contribution is 2.23. The van der Waals surface area contributed by atoms with E-state index >= 15 is 0 Å². The number of aliphatic hydroxyl groups excluding tert-OH is 1. The second-order valence-corrected chi connectivity index (χ2v) is 5.41. The minimum absolute atomic E-state index is 0.516. The van der Waals surface area contributed by atoms with Gasteiger partial charge in [-0.3, -0.25) is 0 Å². The molecule has 0 radical (unpaired) electrons. The van der Waals surface area contributed by atoms with Gasteiger partial charge < -0.3 is 9.84 Å². The van der Waals surface area contributed by atoms with Gasteiger partial charge in [0.2, 0.25) is 0 Å². The van der Waals surface area contributed by atoms with Crippen LogP contribution in [0.5, 0.6) is 5.75 Å². The van der Waals surface area contributed by atoms with Crippen molar-refractivity contribution in [2.45, 2.75) is 19.4 Å². The summed E-state index contributed by atoms with van der Waals surface area (Å²) in [4.78, 5) is 0. The predicted octanol–water partition coefficient (Wildman–Crippen LogP) is 3.20. The fourth-order valence-electron chi connectivity index (χ4n) is 1.32. The number of hydrogen-bond donors (Lipinski definition) is 1. The largest absolute Gasteiger partial charge is 0.497 e. The Morgan fingerprint density at radius 2 is 2.06 bits per heavy atom. The summed E-state index contributed by atoms with van der Waals surface area (Å²) in [6.45, 7) is 2.05. The van der Waals surface area contributed by atoms with E-state index in [2.05, 4.69) is 6.92 Å². The van der Waals surface area contributed by atoms with Crippen LogP contribution in [0.4, 0.5) is 0 Å². The molecule has 16 heavy (non-hydrogen) atoms. The molecule has 0 amide bonds. The predicted molar refractivity (Wildman–Crippen MR) is 73.3 cm³/mol. The van der Waals surface area contributed by atoms with E-state index < -0.39 is 6.10 Å². The lowest BCUT2D eigenvalue weighted by Crippen LogP contribution is -2.02. The van der Waals surface area contributed by atoms with Crippen molar-refractivity contribution in [3.8, 4) is 5.75 Å². The van der Waals surface area contributed by atoms with E-state index in [0.29, 0.717) is 6.42 Å². The number of methoxy groups -OCH3 is 1. The molecular formula is C12H16O2S2. The molecule has 0 bridgehead atoms. The Morgan fingerprint density at radius 3 is 2.56 bits per heavy atom. The molecule has 1 rings (SSSR count). The van der Waals surface area contributed by atoms with Crippen molar-refractivity contribution in [1.29, 1.82) is 0 Å². The van der Waals surface area contributed by atoms with Crippen molar-refractivity contribution in [2.24, 2.45) is 0 Å². The van der Waals surface area contributed by atoms with Gasteiger partial charge >= 0.3 is 0 Å². The Hall–Kier alpha value is -0.580. The average Bonchev–Trinajstić information content (AvgIpc) is 2.29. The van der Waals surface area contributed by atoms with Crippen molar-refractivity contribution in [3.63, 3.8) is 0 Å². The van der Waals surface area contributed by atoms with Gasteiger partial charge in [-0.1, -0.05) is 31.3 Å². The topological polar surface area (TPSA) is 29.5 Å². The molecule has 0 saturated carbocycles. The van der Waals surface area contributed by atoms with E-state index in [1.807, 2.05) is 24.3 Å². The van der Waals surface area contributed by atoms with Crippen molar-refractivity contribution < 1.29 is 9.84 Å². The zero-order chi connectivity index (χ0) is 12.0. The maximum atomic E-state index is 9.94. The monoisotopic (exact) mass is 256 g/mol. The molecule has 88 valence electrons. The number of ether oxygens (including phenoxy) is 1. The third kappa shape index (κ3) is 4.12. The van der Waals surface area contributed by atoms with Crippen LogP contribution in [0.15, 0.2) is 24.3 Å². The van der Waals surface area contributed by atoms with Crippen molar-refractivity contribution >= 4 is 28.2 Å². The smallest absolute Gasteiger partial charge is 0.118 e. The fourth-order valence-corrected chi connectivity index (χ4v) is 2.43. The van der Waals surface area contributed by atoms with E-state index in [9.17, 15) is 5.11 Å². The van der Waals surface area contributed by atoms with Crippen LogP contribution < -0.4 is 4.74 Å². The second-order valence-electron chi connectivity index (χ2n) is 3.30. The van der Waals surface area contributed by atoms with E-state index in [1.54, 1.807) is 18.9 Å². The minimum Gasteiger partial charge on any atom is -0.497 e. The molecule has 0 aliphatic rings. The van der Waals surface area contributed by atoms with Crippen LogP contribution >= 0.6 is 24.0 Å². The second kappa shape index (κ2) is 6.89. The molecule has 0 heterocycles. The molecule has 0 aliphatic carbocycles. The quantitative estimate of drug-likeness (QED) is 0.819. The summed E-state index contributed by atoms with van der Waals surface area (Å²) >= 11 is 6.76. The molecule has 1 aromatic carbocycles. The van der Waals surface area contributed by atoms with Crippen molar-refractivity contribution in [3.05, 3.63) is 29.8 Å². The van der Waals surface area contributed by atoms with Gasteiger partial charge in [0.25, 0.3) is 0 Å². The van der Waals surface area contributed by atoms with E-state index in [4.69, 9.17) is 17.0 Å². The molecule has 0 fully saturated rings. The van der Waals surface area contributed by atoms with E-state index in [-0.39, 0.29) is 0 Å². The molecule has 1 unspecified atom stereocenters.